The molecule has 230 valence electrons. The van der Waals surface area contributed by atoms with Gasteiger partial charge in [-0.1, -0.05) is 50.2 Å². The maximum atomic E-state index is 13.7. The van der Waals surface area contributed by atoms with Crippen LogP contribution in [0.25, 0.3) is 0 Å². The summed E-state index contributed by atoms with van der Waals surface area (Å²) in [6, 6.07) is 12.3. The van der Waals surface area contributed by atoms with Crippen LogP contribution in [0.3, 0.4) is 0 Å². The molecule has 0 radical (unpaired) electrons. The quantitative estimate of drug-likeness (QED) is 0.295. The van der Waals surface area contributed by atoms with Gasteiger partial charge in [0, 0.05) is 36.9 Å². The summed E-state index contributed by atoms with van der Waals surface area (Å²) in [6.45, 7) is 6.87. The van der Waals surface area contributed by atoms with Crippen LogP contribution in [0.15, 0.2) is 70.9 Å². The number of rotatable bonds is 6. The van der Waals surface area contributed by atoms with Gasteiger partial charge in [-0.2, -0.15) is 0 Å². The van der Waals surface area contributed by atoms with Crippen molar-refractivity contribution in [3.05, 3.63) is 99.9 Å². The van der Waals surface area contributed by atoms with Crippen molar-refractivity contribution in [2.75, 3.05) is 13.1 Å². The predicted octanol–water partition coefficient (Wildman–Crippen LogP) is 4.08. The summed E-state index contributed by atoms with van der Waals surface area (Å²) < 4.78 is 5.59. The SMILES string of the molecule is CC(C)C[C@@H]1CN(Cc2cccnc2)CC(=O)N[C@H](Cc2ccccc2)c2nc(cs2)C(=O)N[C@H](C)c2nc(co2)C(=O)N1. The molecule has 4 heterocycles. The average molecular weight is 616 g/mol. The van der Waals surface area contributed by atoms with Gasteiger partial charge in [0.15, 0.2) is 5.69 Å². The molecule has 3 atom stereocenters. The number of hydrogen-bond donors (Lipinski definition) is 3. The first-order valence-electron chi connectivity index (χ1n) is 14.7. The van der Waals surface area contributed by atoms with Crippen molar-refractivity contribution < 1.29 is 18.8 Å². The topological polar surface area (TPSA) is 142 Å². The predicted molar refractivity (Wildman–Crippen MR) is 166 cm³/mol. The lowest BCUT2D eigenvalue weighted by Crippen LogP contribution is -2.47. The van der Waals surface area contributed by atoms with Crippen LogP contribution in [0.5, 0.6) is 0 Å². The van der Waals surface area contributed by atoms with Crippen LogP contribution in [0.2, 0.25) is 0 Å². The minimum atomic E-state index is -0.602. The number of fused-ring (bicyclic) bond motifs is 4. The molecule has 0 fully saturated rings. The number of nitrogens with one attached hydrogen (secondary N) is 3. The third kappa shape index (κ3) is 8.35. The van der Waals surface area contributed by atoms with Crippen LogP contribution in [-0.2, 0) is 17.8 Å². The smallest absolute Gasteiger partial charge is 0.273 e. The molecule has 5 rings (SSSR count). The standard InChI is InChI=1S/C32H37N7O4S/c1-20(2)12-24-16-39(15-23-10-7-11-33-14-23)17-28(40)36-25(13-22-8-5-4-6-9-22)32-38-27(19-44-32)30(42)34-21(3)31-37-26(18-43-31)29(41)35-24/h4-11,14,18-21,24-25H,12-13,15-17H2,1-3H3,(H,34,42)(H,35,41)(H,36,40)/t21-,24-,25-/m1/s1. The Morgan fingerprint density at radius 3 is 2.50 bits per heavy atom. The Balaban J connectivity index is 1.49. The van der Waals surface area contributed by atoms with Crippen LogP contribution in [-0.4, -0.2) is 56.7 Å². The first kappa shape index (κ1) is 31.0. The summed E-state index contributed by atoms with van der Waals surface area (Å²) in [5, 5.41) is 11.4. The number of carbonyl (C=O) groups is 3. The summed E-state index contributed by atoms with van der Waals surface area (Å²) >= 11 is 1.32. The number of oxazole rings is 1. The Kier molecular flexibility index (Phi) is 10.1. The van der Waals surface area contributed by atoms with Crippen LogP contribution in [0.1, 0.15) is 82.3 Å². The number of pyridine rings is 1. The summed E-state index contributed by atoms with van der Waals surface area (Å²) in [5.74, 6) is -0.489. The minimum absolute atomic E-state index is 0.0784. The fraction of sp³-hybridized carbons (Fsp3) is 0.375. The van der Waals surface area contributed by atoms with E-state index in [0.717, 1.165) is 11.1 Å². The highest BCUT2D eigenvalue weighted by molar-refractivity contribution is 7.09. The second kappa shape index (κ2) is 14.4. The van der Waals surface area contributed by atoms with Crippen molar-refractivity contribution in [3.63, 3.8) is 0 Å². The third-order valence-corrected chi connectivity index (χ3v) is 8.17. The normalized spacial score (nSPS) is 20.4. The lowest BCUT2D eigenvalue weighted by Gasteiger charge is -2.29. The number of nitrogens with zero attached hydrogens (tertiary/aromatic N) is 4. The van der Waals surface area contributed by atoms with Crippen molar-refractivity contribution in [2.45, 2.75) is 58.3 Å². The van der Waals surface area contributed by atoms with Gasteiger partial charge in [0.25, 0.3) is 11.8 Å². The van der Waals surface area contributed by atoms with Crippen LogP contribution in [0, 0.1) is 5.92 Å². The lowest BCUT2D eigenvalue weighted by molar-refractivity contribution is -0.123. The second-order valence-corrected chi connectivity index (χ2v) is 12.4. The molecule has 4 bridgehead atoms. The lowest BCUT2D eigenvalue weighted by atomic mass is 10.0. The van der Waals surface area contributed by atoms with E-state index in [2.05, 4.69) is 44.7 Å². The monoisotopic (exact) mass is 615 g/mol. The van der Waals surface area contributed by atoms with Crippen molar-refractivity contribution in [1.29, 1.82) is 0 Å². The molecule has 3 aromatic heterocycles. The number of aromatic nitrogens is 3. The molecule has 12 heteroatoms. The Morgan fingerprint density at radius 1 is 0.977 bits per heavy atom. The van der Waals surface area contributed by atoms with E-state index in [4.69, 9.17) is 4.42 Å². The van der Waals surface area contributed by atoms with Crippen molar-refractivity contribution >= 4 is 29.1 Å². The van der Waals surface area contributed by atoms with E-state index < -0.39 is 18.0 Å². The number of carbonyl (C=O) groups excluding carboxylic acids is 3. The number of amides is 3. The van der Waals surface area contributed by atoms with Crippen molar-refractivity contribution in [2.24, 2.45) is 5.92 Å². The van der Waals surface area contributed by atoms with E-state index in [1.54, 1.807) is 24.7 Å². The minimum Gasteiger partial charge on any atom is -0.446 e. The highest BCUT2D eigenvalue weighted by atomic mass is 32.1. The van der Waals surface area contributed by atoms with Crippen molar-refractivity contribution in [3.8, 4) is 0 Å². The van der Waals surface area contributed by atoms with Gasteiger partial charge in [-0.05, 0) is 42.9 Å². The third-order valence-electron chi connectivity index (χ3n) is 7.21. The molecule has 11 nitrogen and oxygen atoms in total. The maximum Gasteiger partial charge on any atom is 0.273 e. The maximum absolute atomic E-state index is 13.7. The summed E-state index contributed by atoms with van der Waals surface area (Å²) in [7, 11) is 0. The van der Waals surface area contributed by atoms with Gasteiger partial charge in [-0.3, -0.25) is 24.3 Å². The van der Waals surface area contributed by atoms with Gasteiger partial charge in [-0.15, -0.1) is 11.3 Å². The largest absolute Gasteiger partial charge is 0.446 e. The first-order chi connectivity index (χ1) is 21.2. The van der Waals surface area contributed by atoms with E-state index in [0.29, 0.717) is 30.9 Å². The van der Waals surface area contributed by atoms with Crippen LogP contribution in [0.4, 0.5) is 0 Å². The zero-order valence-corrected chi connectivity index (χ0v) is 25.8. The number of hydrogen-bond acceptors (Lipinski definition) is 9. The molecule has 0 saturated carbocycles. The molecule has 3 amide bonds. The molecular formula is C32H37N7O4S. The van der Waals surface area contributed by atoms with E-state index in [-0.39, 0.29) is 47.6 Å². The van der Waals surface area contributed by atoms with Gasteiger partial charge in [-0.25, -0.2) is 9.97 Å². The number of benzene rings is 1. The highest BCUT2D eigenvalue weighted by Crippen LogP contribution is 2.24. The van der Waals surface area contributed by atoms with Gasteiger partial charge in [0.05, 0.1) is 12.6 Å². The molecule has 3 N–H and O–H groups in total. The molecule has 0 aliphatic carbocycles. The Bertz CT molecular complexity index is 1560. The molecule has 44 heavy (non-hydrogen) atoms. The fourth-order valence-electron chi connectivity index (χ4n) is 5.22. The molecule has 1 aromatic carbocycles. The zero-order valence-electron chi connectivity index (χ0n) is 25.0. The average Bonchev–Trinajstić information content (AvgIpc) is 3.68. The summed E-state index contributed by atoms with van der Waals surface area (Å²) in [4.78, 5) is 55.3. The Morgan fingerprint density at radius 2 is 1.75 bits per heavy atom. The molecule has 0 unspecified atom stereocenters. The van der Waals surface area contributed by atoms with E-state index in [1.165, 1.54) is 17.6 Å². The second-order valence-electron chi connectivity index (χ2n) is 11.5. The summed E-state index contributed by atoms with van der Waals surface area (Å²) in [5.41, 5.74) is 2.32. The van der Waals surface area contributed by atoms with Crippen LogP contribution >= 0.6 is 11.3 Å². The zero-order chi connectivity index (χ0) is 31.1. The molecule has 0 spiro atoms. The van der Waals surface area contributed by atoms with E-state index >= 15 is 0 Å². The first-order valence-corrected chi connectivity index (χ1v) is 15.6. The fourth-order valence-corrected chi connectivity index (χ4v) is 6.07. The van der Waals surface area contributed by atoms with Crippen LogP contribution < -0.4 is 16.0 Å². The molecule has 0 saturated heterocycles. The van der Waals surface area contributed by atoms with Gasteiger partial charge >= 0.3 is 0 Å². The van der Waals surface area contributed by atoms with Gasteiger partial charge < -0.3 is 20.4 Å². The van der Waals surface area contributed by atoms with Gasteiger partial charge in [0.2, 0.25) is 11.8 Å². The molecular weight excluding hydrogens is 578 g/mol. The Labute approximate surface area is 260 Å². The summed E-state index contributed by atoms with van der Waals surface area (Å²) in [6.07, 6.45) is 5.97. The van der Waals surface area contributed by atoms with Gasteiger partial charge in [0.1, 0.15) is 23.0 Å². The Hall–Kier alpha value is -4.42. The van der Waals surface area contributed by atoms with E-state index in [1.807, 2.05) is 47.4 Å². The van der Waals surface area contributed by atoms with E-state index in [9.17, 15) is 14.4 Å². The molecule has 1 aliphatic rings. The molecule has 1 aliphatic heterocycles. The van der Waals surface area contributed by atoms with Crippen molar-refractivity contribution in [1.82, 2.24) is 35.8 Å². The number of thiazole rings is 1. The molecule has 4 aromatic rings. The highest BCUT2D eigenvalue weighted by Gasteiger charge is 2.27.